The van der Waals surface area contributed by atoms with E-state index in [-0.39, 0.29) is 18.9 Å². The summed E-state index contributed by atoms with van der Waals surface area (Å²) in [6, 6.07) is 13.6. The molecule has 1 atom stereocenters. The quantitative estimate of drug-likeness (QED) is 0.381. The van der Waals surface area contributed by atoms with E-state index in [9.17, 15) is 18.4 Å². The SMILES string of the molecule is CC(C)(C)NC(=O)C(c1ccncc1)N(Cc1ccc(F)cc1)C(=O)Cn1nnc(-c2ccc(F)cc2)n1. The van der Waals surface area contributed by atoms with Gasteiger partial charge in [0.1, 0.15) is 24.2 Å². The first-order valence-corrected chi connectivity index (χ1v) is 11.9. The molecule has 2 heterocycles. The van der Waals surface area contributed by atoms with Crippen LogP contribution in [0.4, 0.5) is 8.78 Å². The van der Waals surface area contributed by atoms with Crippen molar-refractivity contribution in [1.29, 1.82) is 0 Å². The third kappa shape index (κ3) is 6.81. The van der Waals surface area contributed by atoms with Crippen molar-refractivity contribution in [3.05, 3.63) is 95.8 Å². The number of pyridine rings is 1. The summed E-state index contributed by atoms with van der Waals surface area (Å²) >= 11 is 0. The minimum absolute atomic E-state index is 0.0170. The zero-order valence-electron chi connectivity index (χ0n) is 21.2. The molecule has 0 bridgehead atoms. The Morgan fingerprint density at radius 2 is 1.55 bits per heavy atom. The van der Waals surface area contributed by atoms with Crippen LogP contribution < -0.4 is 5.32 Å². The van der Waals surface area contributed by atoms with Gasteiger partial charge in [0.25, 0.3) is 0 Å². The summed E-state index contributed by atoms with van der Waals surface area (Å²) < 4.78 is 26.9. The molecule has 0 saturated carbocycles. The Kier molecular flexibility index (Phi) is 7.85. The Balaban J connectivity index is 1.68. The van der Waals surface area contributed by atoms with Crippen LogP contribution in [0.3, 0.4) is 0 Å². The number of hydrogen-bond acceptors (Lipinski definition) is 6. The first kappa shape index (κ1) is 26.5. The van der Waals surface area contributed by atoms with Gasteiger partial charge in [-0.2, -0.15) is 4.80 Å². The van der Waals surface area contributed by atoms with Gasteiger partial charge in [-0.1, -0.05) is 12.1 Å². The number of rotatable bonds is 8. The number of amides is 2. The van der Waals surface area contributed by atoms with Crippen molar-refractivity contribution in [1.82, 2.24) is 35.4 Å². The number of carbonyl (C=O) groups is 2. The molecule has 2 aromatic heterocycles. The lowest BCUT2D eigenvalue weighted by molar-refractivity contribution is -0.143. The molecule has 0 aliphatic carbocycles. The molecule has 1 unspecified atom stereocenters. The van der Waals surface area contributed by atoms with E-state index < -0.39 is 35.0 Å². The summed E-state index contributed by atoms with van der Waals surface area (Å²) in [7, 11) is 0. The Morgan fingerprint density at radius 3 is 2.16 bits per heavy atom. The van der Waals surface area contributed by atoms with E-state index in [1.54, 1.807) is 36.7 Å². The molecule has 38 heavy (non-hydrogen) atoms. The minimum atomic E-state index is -1.02. The highest BCUT2D eigenvalue weighted by molar-refractivity contribution is 5.89. The lowest BCUT2D eigenvalue weighted by Gasteiger charge is -2.33. The third-order valence-electron chi connectivity index (χ3n) is 5.50. The van der Waals surface area contributed by atoms with Crippen molar-refractivity contribution < 1.29 is 18.4 Å². The number of nitrogens with zero attached hydrogens (tertiary/aromatic N) is 6. The van der Waals surface area contributed by atoms with Crippen LogP contribution in [0.2, 0.25) is 0 Å². The van der Waals surface area contributed by atoms with Crippen LogP contribution in [0.15, 0.2) is 73.1 Å². The van der Waals surface area contributed by atoms with Crippen molar-refractivity contribution in [2.75, 3.05) is 0 Å². The van der Waals surface area contributed by atoms with Gasteiger partial charge in [0.05, 0.1) is 0 Å². The van der Waals surface area contributed by atoms with E-state index in [4.69, 9.17) is 0 Å². The van der Waals surface area contributed by atoms with Gasteiger partial charge in [-0.15, -0.1) is 10.2 Å². The number of benzene rings is 2. The molecule has 4 aromatic rings. The van der Waals surface area contributed by atoms with E-state index in [0.717, 1.165) is 4.80 Å². The summed E-state index contributed by atoms with van der Waals surface area (Å²) in [5.74, 6) is -1.45. The monoisotopic (exact) mass is 519 g/mol. The highest BCUT2D eigenvalue weighted by Gasteiger charge is 2.33. The molecule has 0 aliphatic rings. The zero-order chi connectivity index (χ0) is 27.3. The molecule has 1 N–H and O–H groups in total. The van der Waals surface area contributed by atoms with Crippen LogP contribution in [-0.2, 0) is 22.7 Å². The van der Waals surface area contributed by atoms with Gasteiger partial charge in [0.2, 0.25) is 17.6 Å². The number of hydrogen-bond donors (Lipinski definition) is 1. The van der Waals surface area contributed by atoms with Gasteiger partial charge in [0, 0.05) is 30.0 Å². The molecular weight excluding hydrogens is 492 g/mol. The summed E-state index contributed by atoms with van der Waals surface area (Å²) in [5, 5.41) is 15.1. The maximum absolute atomic E-state index is 13.7. The van der Waals surface area contributed by atoms with E-state index >= 15 is 0 Å². The van der Waals surface area contributed by atoms with Gasteiger partial charge in [-0.3, -0.25) is 14.6 Å². The molecule has 0 spiro atoms. The Hall–Kier alpha value is -4.54. The Bertz CT molecular complexity index is 1390. The van der Waals surface area contributed by atoms with Crippen LogP contribution in [0.25, 0.3) is 11.4 Å². The van der Waals surface area contributed by atoms with Crippen LogP contribution in [-0.4, -0.2) is 47.4 Å². The van der Waals surface area contributed by atoms with Gasteiger partial charge in [-0.25, -0.2) is 8.78 Å². The van der Waals surface area contributed by atoms with Crippen molar-refractivity contribution >= 4 is 11.8 Å². The van der Waals surface area contributed by atoms with Crippen LogP contribution in [0.5, 0.6) is 0 Å². The smallest absolute Gasteiger partial charge is 0.247 e. The van der Waals surface area contributed by atoms with Gasteiger partial charge >= 0.3 is 0 Å². The summed E-state index contributed by atoms with van der Waals surface area (Å²) in [5.41, 5.74) is 1.15. The standard InChI is InChI=1S/C27H27F2N7O2/c1-27(2,3)31-26(38)24(19-12-14-30-15-13-19)35(16-18-4-8-21(28)9-5-18)23(37)17-36-33-25(32-34-36)20-6-10-22(29)11-7-20/h4-15,24H,16-17H2,1-3H3,(H,31,38). The first-order chi connectivity index (χ1) is 18.1. The van der Waals surface area contributed by atoms with Crippen molar-refractivity contribution in [2.45, 2.75) is 45.4 Å². The fourth-order valence-corrected chi connectivity index (χ4v) is 3.80. The predicted octanol–water partition coefficient (Wildman–Crippen LogP) is 3.70. The van der Waals surface area contributed by atoms with Crippen LogP contribution in [0.1, 0.15) is 37.9 Å². The van der Waals surface area contributed by atoms with Gasteiger partial charge in [-0.05, 0) is 85.6 Å². The molecule has 2 amide bonds. The lowest BCUT2D eigenvalue weighted by atomic mass is 10.0. The van der Waals surface area contributed by atoms with Crippen molar-refractivity contribution in [2.24, 2.45) is 0 Å². The maximum Gasteiger partial charge on any atom is 0.247 e. The average molecular weight is 520 g/mol. The van der Waals surface area contributed by atoms with E-state index in [2.05, 4.69) is 25.7 Å². The molecule has 4 rings (SSSR count). The van der Waals surface area contributed by atoms with E-state index in [1.165, 1.54) is 41.3 Å². The van der Waals surface area contributed by atoms with Crippen molar-refractivity contribution in [3.63, 3.8) is 0 Å². The summed E-state index contributed by atoms with van der Waals surface area (Å²) in [6.07, 6.45) is 3.09. The fraction of sp³-hybridized carbons (Fsp3) is 0.259. The molecule has 0 saturated heterocycles. The number of tetrazole rings is 1. The molecule has 2 aromatic carbocycles. The number of nitrogens with one attached hydrogen (secondary N) is 1. The number of halogens is 2. The maximum atomic E-state index is 13.7. The minimum Gasteiger partial charge on any atom is -0.349 e. The second-order valence-corrected chi connectivity index (χ2v) is 9.72. The van der Waals surface area contributed by atoms with E-state index in [1.807, 2.05) is 20.8 Å². The largest absolute Gasteiger partial charge is 0.349 e. The predicted molar refractivity (Wildman–Crippen MR) is 135 cm³/mol. The molecule has 0 aliphatic heterocycles. The second-order valence-electron chi connectivity index (χ2n) is 9.72. The second kappa shape index (κ2) is 11.2. The number of carbonyl (C=O) groups excluding carboxylic acids is 2. The molecule has 0 radical (unpaired) electrons. The average Bonchev–Trinajstić information content (AvgIpc) is 3.33. The molecule has 11 heteroatoms. The first-order valence-electron chi connectivity index (χ1n) is 11.9. The molecular formula is C27H27F2N7O2. The van der Waals surface area contributed by atoms with Gasteiger partial charge < -0.3 is 10.2 Å². The molecule has 196 valence electrons. The van der Waals surface area contributed by atoms with Crippen LogP contribution in [0, 0.1) is 11.6 Å². The Labute approximate surface area is 218 Å². The fourth-order valence-electron chi connectivity index (χ4n) is 3.80. The van der Waals surface area contributed by atoms with E-state index in [0.29, 0.717) is 16.7 Å². The number of aromatic nitrogens is 5. The lowest BCUT2D eigenvalue weighted by Crippen LogP contribution is -2.49. The molecule has 0 fully saturated rings. The van der Waals surface area contributed by atoms with Crippen molar-refractivity contribution in [3.8, 4) is 11.4 Å². The summed E-state index contributed by atoms with van der Waals surface area (Å²) in [6.45, 7) is 5.23. The Morgan fingerprint density at radius 1 is 0.947 bits per heavy atom. The zero-order valence-corrected chi connectivity index (χ0v) is 21.2. The highest BCUT2D eigenvalue weighted by atomic mass is 19.1. The highest BCUT2D eigenvalue weighted by Crippen LogP contribution is 2.25. The normalized spacial score (nSPS) is 12.1. The van der Waals surface area contributed by atoms with Crippen LogP contribution >= 0.6 is 0 Å². The topological polar surface area (TPSA) is 106 Å². The molecule has 9 nitrogen and oxygen atoms in total. The third-order valence-corrected chi connectivity index (χ3v) is 5.50. The summed E-state index contributed by atoms with van der Waals surface area (Å²) in [4.78, 5) is 33.8. The van der Waals surface area contributed by atoms with Gasteiger partial charge in [0.15, 0.2) is 0 Å².